The van der Waals surface area contributed by atoms with Gasteiger partial charge in [0.25, 0.3) is 0 Å². The van der Waals surface area contributed by atoms with Crippen LogP contribution in [-0.2, 0) is 34.1 Å². The molecular weight excluding hydrogens is 620 g/mol. The topological polar surface area (TPSA) is 150 Å². The number of likely N-dealkylation sites (N-methyl/N-ethyl adjacent to an activating group) is 1. The number of nitrogens with zero attached hydrogens (tertiary/aromatic N) is 2. The number of anilines is 1. The number of aromatic nitrogens is 1. The Kier molecular flexibility index (Phi) is 13.8. The van der Waals surface area contributed by atoms with Crippen LogP contribution in [0, 0.1) is 5.82 Å². The van der Waals surface area contributed by atoms with Crippen LogP contribution in [0.3, 0.4) is 0 Å². The van der Waals surface area contributed by atoms with Crippen molar-refractivity contribution in [1.82, 2.24) is 10.1 Å². The van der Waals surface area contributed by atoms with Gasteiger partial charge in [-0.15, -0.1) is 0 Å². The lowest BCUT2D eigenvalue weighted by Crippen LogP contribution is -2.43. The third-order valence-corrected chi connectivity index (χ3v) is 8.37. The highest BCUT2D eigenvalue weighted by Crippen LogP contribution is 2.49. The first kappa shape index (κ1) is 35.2. The SMILES string of the molecule is CCOP(=O)(OCC)OC[C@H](O)C[C@@H](COC(=O)Nc1cc(-c2ccccc2)on1)N(C)C(=O)CCc1cccc(F)c1Cl. The molecule has 0 radical (unpaired) electrons. The minimum atomic E-state index is -3.90. The molecule has 1 aromatic heterocycles. The summed E-state index contributed by atoms with van der Waals surface area (Å²) in [5.74, 6) is -0.435. The molecule has 2 amide bonds. The number of hydrogen-bond acceptors (Lipinski definition) is 10. The van der Waals surface area contributed by atoms with Crippen LogP contribution < -0.4 is 5.32 Å². The highest BCUT2D eigenvalue weighted by atomic mass is 35.5. The normalized spacial score (nSPS) is 12.9. The quantitative estimate of drug-likeness (QED) is 0.164. The van der Waals surface area contributed by atoms with Gasteiger partial charge in [-0.1, -0.05) is 59.2 Å². The van der Waals surface area contributed by atoms with Crippen molar-refractivity contribution in [1.29, 1.82) is 0 Å². The van der Waals surface area contributed by atoms with E-state index in [1.54, 1.807) is 19.9 Å². The van der Waals surface area contributed by atoms with Crippen LogP contribution in [0.1, 0.15) is 32.3 Å². The Morgan fingerprint density at radius 1 is 1.09 bits per heavy atom. The number of ether oxygens (including phenoxy) is 1. The second-order valence-corrected chi connectivity index (χ2v) is 11.6. The third-order valence-electron chi connectivity index (χ3n) is 6.33. The second kappa shape index (κ2) is 17.2. The molecule has 0 bridgehead atoms. The van der Waals surface area contributed by atoms with Crippen LogP contribution in [-0.4, -0.2) is 72.8 Å². The molecular formula is C29H36ClFN3O9P. The maximum atomic E-state index is 13.8. The molecule has 15 heteroatoms. The summed E-state index contributed by atoms with van der Waals surface area (Å²) in [6.45, 7) is 2.58. The number of aryl methyl sites for hydroxylation is 1. The highest BCUT2D eigenvalue weighted by Gasteiger charge is 2.30. The van der Waals surface area contributed by atoms with E-state index in [1.807, 2.05) is 30.3 Å². The Bertz CT molecular complexity index is 1400. The number of amides is 2. The molecule has 1 heterocycles. The third kappa shape index (κ3) is 10.7. The van der Waals surface area contributed by atoms with Gasteiger partial charge in [0.2, 0.25) is 5.91 Å². The Labute approximate surface area is 260 Å². The van der Waals surface area contributed by atoms with Gasteiger partial charge in [0.05, 0.1) is 37.0 Å². The highest BCUT2D eigenvalue weighted by molar-refractivity contribution is 7.48. The van der Waals surface area contributed by atoms with E-state index in [-0.39, 0.29) is 55.8 Å². The molecule has 0 fully saturated rings. The van der Waals surface area contributed by atoms with E-state index in [0.717, 1.165) is 5.56 Å². The molecule has 2 atom stereocenters. The number of phosphoric ester groups is 1. The maximum Gasteiger partial charge on any atom is 0.474 e. The molecule has 2 aromatic carbocycles. The smallest absolute Gasteiger partial charge is 0.447 e. The summed E-state index contributed by atoms with van der Waals surface area (Å²) in [5, 5.41) is 16.9. The predicted octanol–water partition coefficient (Wildman–Crippen LogP) is 6.09. The fraction of sp³-hybridized carbons (Fsp3) is 0.414. The number of halogens is 2. The Balaban J connectivity index is 1.65. The summed E-state index contributed by atoms with van der Waals surface area (Å²) in [6, 6.07) is 14.2. The van der Waals surface area contributed by atoms with Crippen LogP contribution in [0.25, 0.3) is 11.3 Å². The predicted molar refractivity (Wildman–Crippen MR) is 161 cm³/mol. The Morgan fingerprint density at radius 2 is 1.80 bits per heavy atom. The Hall–Kier alpha value is -3.32. The average Bonchev–Trinajstić information content (AvgIpc) is 3.47. The number of hydrogen-bond donors (Lipinski definition) is 2. The summed E-state index contributed by atoms with van der Waals surface area (Å²) in [6.07, 6.45) is -2.14. The zero-order valence-corrected chi connectivity index (χ0v) is 26.3. The number of nitrogens with one attached hydrogen (secondary N) is 1. The number of benzene rings is 2. The molecule has 3 aromatic rings. The van der Waals surface area contributed by atoms with Gasteiger partial charge in [-0.25, -0.2) is 13.8 Å². The standard InChI is InChI=1S/C29H36ClFN3O9P/c1-4-40-44(38,41-5-2)42-19-23(35)16-22(34(3)27(36)15-14-21-12-9-13-24(31)28(21)30)18-39-29(37)32-26-17-25(43-33-26)20-10-7-6-8-11-20/h6-13,17,22-23,35H,4-5,14-16,18-19H2,1-3H3,(H,32,33,37)/t22-,23+/m0/s1. The lowest BCUT2D eigenvalue weighted by molar-refractivity contribution is -0.133. The van der Waals surface area contributed by atoms with Crippen molar-refractivity contribution >= 4 is 37.2 Å². The molecule has 0 aliphatic carbocycles. The Morgan fingerprint density at radius 3 is 2.48 bits per heavy atom. The van der Waals surface area contributed by atoms with Crippen LogP contribution in [0.5, 0.6) is 0 Å². The van der Waals surface area contributed by atoms with E-state index in [0.29, 0.717) is 11.3 Å². The van der Waals surface area contributed by atoms with Gasteiger partial charge in [0.1, 0.15) is 12.4 Å². The molecule has 0 aliphatic heterocycles. The minimum absolute atomic E-state index is 0.0416. The van der Waals surface area contributed by atoms with Crippen LogP contribution in [0.2, 0.25) is 5.02 Å². The second-order valence-electron chi connectivity index (χ2n) is 9.51. The van der Waals surface area contributed by atoms with Crippen LogP contribution in [0.15, 0.2) is 59.1 Å². The van der Waals surface area contributed by atoms with Gasteiger partial charge >= 0.3 is 13.9 Å². The van der Waals surface area contributed by atoms with Gasteiger partial charge in [0, 0.05) is 25.1 Å². The summed E-state index contributed by atoms with van der Waals surface area (Å²) in [7, 11) is -2.42. The van der Waals surface area contributed by atoms with Gasteiger partial charge in [0.15, 0.2) is 11.6 Å². The van der Waals surface area contributed by atoms with Crippen molar-refractivity contribution in [2.75, 3.05) is 38.8 Å². The largest absolute Gasteiger partial charge is 0.474 e. The van der Waals surface area contributed by atoms with Gasteiger partial charge in [-0.3, -0.25) is 23.7 Å². The van der Waals surface area contributed by atoms with E-state index in [4.69, 9.17) is 34.4 Å². The van der Waals surface area contributed by atoms with Crippen molar-refractivity contribution in [2.24, 2.45) is 0 Å². The van der Waals surface area contributed by atoms with Crippen molar-refractivity contribution in [3.8, 4) is 11.3 Å². The first-order valence-electron chi connectivity index (χ1n) is 13.9. The van der Waals surface area contributed by atoms with E-state index in [1.165, 1.54) is 30.1 Å². The molecule has 0 aliphatic rings. The first-order valence-corrected chi connectivity index (χ1v) is 15.7. The molecule has 0 spiro atoms. The van der Waals surface area contributed by atoms with Gasteiger partial charge in [-0.05, 0) is 38.3 Å². The summed E-state index contributed by atoms with van der Waals surface area (Å²) in [4.78, 5) is 27.0. The van der Waals surface area contributed by atoms with Crippen LogP contribution in [0.4, 0.5) is 15.0 Å². The molecule has 240 valence electrons. The fourth-order valence-electron chi connectivity index (χ4n) is 4.07. The number of aliphatic hydroxyl groups excluding tert-OH is 1. The van der Waals surface area contributed by atoms with Crippen molar-refractivity contribution in [3.05, 3.63) is 71.0 Å². The monoisotopic (exact) mass is 655 g/mol. The molecule has 2 N–H and O–H groups in total. The van der Waals surface area contributed by atoms with Crippen molar-refractivity contribution < 1.29 is 46.5 Å². The van der Waals surface area contributed by atoms with Crippen molar-refractivity contribution in [3.63, 3.8) is 0 Å². The summed E-state index contributed by atoms with van der Waals surface area (Å²) >= 11 is 6.02. The zero-order chi connectivity index (χ0) is 32.1. The number of carbonyl (C=O) groups is 2. The van der Waals surface area contributed by atoms with Crippen LogP contribution >= 0.6 is 19.4 Å². The summed E-state index contributed by atoms with van der Waals surface area (Å²) in [5.41, 5.74) is 1.22. The first-order chi connectivity index (χ1) is 21.0. The lowest BCUT2D eigenvalue weighted by atomic mass is 10.1. The van der Waals surface area contributed by atoms with E-state index in [2.05, 4.69) is 10.5 Å². The number of phosphoric acid groups is 1. The number of aliphatic hydroxyl groups is 1. The lowest BCUT2D eigenvalue weighted by Gasteiger charge is -2.30. The maximum absolute atomic E-state index is 13.8. The molecule has 0 unspecified atom stereocenters. The fourth-order valence-corrected chi connectivity index (χ4v) is 5.50. The van der Waals surface area contributed by atoms with E-state index >= 15 is 0 Å². The van der Waals surface area contributed by atoms with Gasteiger partial charge in [-0.2, -0.15) is 0 Å². The van der Waals surface area contributed by atoms with E-state index in [9.17, 15) is 23.7 Å². The number of rotatable bonds is 17. The molecule has 0 saturated carbocycles. The molecule has 3 rings (SSSR count). The zero-order valence-electron chi connectivity index (χ0n) is 24.6. The van der Waals surface area contributed by atoms with E-state index < -0.39 is 38.5 Å². The molecule has 44 heavy (non-hydrogen) atoms. The minimum Gasteiger partial charge on any atom is -0.447 e. The summed E-state index contributed by atoms with van der Waals surface area (Å²) < 4.78 is 52.5. The van der Waals surface area contributed by atoms with Gasteiger partial charge < -0.3 is 19.3 Å². The average molecular weight is 656 g/mol. The molecule has 0 saturated heterocycles. The van der Waals surface area contributed by atoms with Crippen molar-refractivity contribution in [2.45, 2.75) is 45.3 Å². The number of carbonyl (C=O) groups excluding carboxylic acids is 2. The molecule has 12 nitrogen and oxygen atoms in total.